The molecular weight excluding hydrogens is 470 g/mol. The number of nitrogens with zero attached hydrogens (tertiary/aromatic N) is 2. The van der Waals surface area contributed by atoms with E-state index < -0.39 is 0 Å². The van der Waals surface area contributed by atoms with E-state index in [2.05, 4.69) is 66.1 Å². The van der Waals surface area contributed by atoms with Crippen LogP contribution in [0.15, 0.2) is 79.5 Å². The molecule has 190 valence electrons. The summed E-state index contributed by atoms with van der Waals surface area (Å²) in [5, 5.41) is 8.42. The molecule has 1 aromatic heterocycles. The summed E-state index contributed by atoms with van der Waals surface area (Å²) >= 11 is 6.05. The van der Waals surface area contributed by atoms with Gasteiger partial charge in [-0.05, 0) is 78.4 Å². The molecule has 0 spiro atoms. The first-order valence-electron chi connectivity index (χ1n) is 11.8. The van der Waals surface area contributed by atoms with Crippen molar-refractivity contribution in [3.63, 3.8) is 0 Å². The number of esters is 1. The van der Waals surface area contributed by atoms with Crippen LogP contribution in [0.25, 0.3) is 17.2 Å². The zero-order valence-electron chi connectivity index (χ0n) is 21.7. The fourth-order valence-corrected chi connectivity index (χ4v) is 3.77. The number of nitrogens with one attached hydrogen (secondary N) is 1. The van der Waals surface area contributed by atoms with Crippen molar-refractivity contribution < 1.29 is 9.53 Å². The van der Waals surface area contributed by atoms with Gasteiger partial charge in [-0.25, -0.2) is 0 Å². The Kier molecular flexibility index (Phi) is 11.4. The largest absolute Gasteiger partial charge is 0.469 e. The summed E-state index contributed by atoms with van der Waals surface area (Å²) in [5.41, 5.74) is 8.33. The van der Waals surface area contributed by atoms with E-state index >= 15 is 0 Å². The third kappa shape index (κ3) is 8.08. The fourth-order valence-electron chi connectivity index (χ4n) is 3.52. The SMILES string of the molecule is C=C/C(=C\c1cc(/C(C)=C/C)nn1C)C1=CCNCC1.C=CC(=C)c1ccc(CC(=O)OC)c(Cl)c1. The number of carbonyl (C=O) groups is 1. The van der Waals surface area contributed by atoms with E-state index in [1.165, 1.54) is 23.8 Å². The number of ether oxygens (including phenoxy) is 1. The van der Waals surface area contributed by atoms with E-state index in [4.69, 9.17) is 11.6 Å². The van der Waals surface area contributed by atoms with Gasteiger partial charge in [0.2, 0.25) is 0 Å². The minimum atomic E-state index is -0.308. The van der Waals surface area contributed by atoms with E-state index in [0.717, 1.165) is 47.6 Å². The van der Waals surface area contributed by atoms with Crippen LogP contribution in [-0.4, -0.2) is 35.9 Å². The van der Waals surface area contributed by atoms with Crippen molar-refractivity contribution in [1.82, 2.24) is 15.1 Å². The number of aryl methyl sites for hydroxylation is 1. The van der Waals surface area contributed by atoms with Crippen LogP contribution >= 0.6 is 11.6 Å². The summed E-state index contributed by atoms with van der Waals surface area (Å²) in [6.45, 7) is 17.5. The third-order valence-electron chi connectivity index (χ3n) is 5.94. The molecule has 3 rings (SSSR count). The lowest BCUT2D eigenvalue weighted by Gasteiger charge is -2.14. The molecule has 5 nitrogen and oxygen atoms in total. The van der Waals surface area contributed by atoms with Gasteiger partial charge in [0.15, 0.2) is 0 Å². The van der Waals surface area contributed by atoms with Gasteiger partial charge in [-0.3, -0.25) is 9.48 Å². The summed E-state index contributed by atoms with van der Waals surface area (Å²) in [6.07, 6.45) is 11.3. The number of halogens is 1. The molecular formula is C30H36ClN3O2. The number of methoxy groups -OCH3 is 1. The van der Waals surface area contributed by atoms with Gasteiger partial charge in [-0.2, -0.15) is 5.10 Å². The second-order valence-corrected chi connectivity index (χ2v) is 8.73. The summed E-state index contributed by atoms with van der Waals surface area (Å²) in [7, 11) is 3.33. The zero-order chi connectivity index (χ0) is 26.7. The minimum Gasteiger partial charge on any atom is -0.469 e. The van der Waals surface area contributed by atoms with E-state index in [9.17, 15) is 4.79 Å². The molecule has 0 aliphatic carbocycles. The van der Waals surface area contributed by atoms with Gasteiger partial charge >= 0.3 is 5.97 Å². The number of hydrogen-bond donors (Lipinski definition) is 1. The van der Waals surface area contributed by atoms with Gasteiger partial charge < -0.3 is 10.1 Å². The van der Waals surface area contributed by atoms with Crippen LogP contribution in [0, 0.1) is 0 Å². The molecule has 1 N–H and O–H groups in total. The quantitative estimate of drug-likeness (QED) is 0.325. The van der Waals surface area contributed by atoms with Gasteiger partial charge in [0.25, 0.3) is 0 Å². The summed E-state index contributed by atoms with van der Waals surface area (Å²) < 4.78 is 6.50. The van der Waals surface area contributed by atoms with E-state index in [0.29, 0.717) is 5.02 Å². The molecule has 0 fully saturated rings. The van der Waals surface area contributed by atoms with Crippen LogP contribution in [-0.2, 0) is 23.0 Å². The second kappa shape index (κ2) is 14.2. The van der Waals surface area contributed by atoms with Crippen LogP contribution in [0.4, 0.5) is 0 Å². The molecule has 0 atom stereocenters. The van der Waals surface area contributed by atoms with E-state index in [1.807, 2.05) is 30.8 Å². The van der Waals surface area contributed by atoms with Crippen molar-refractivity contribution in [2.45, 2.75) is 26.7 Å². The van der Waals surface area contributed by atoms with Crippen LogP contribution in [0.1, 0.15) is 42.8 Å². The van der Waals surface area contributed by atoms with Crippen LogP contribution in [0.3, 0.4) is 0 Å². The Balaban J connectivity index is 0.000000261. The van der Waals surface area contributed by atoms with Crippen molar-refractivity contribution in [2.75, 3.05) is 20.2 Å². The highest BCUT2D eigenvalue weighted by Crippen LogP contribution is 2.23. The van der Waals surface area contributed by atoms with Crippen molar-refractivity contribution in [2.24, 2.45) is 7.05 Å². The Labute approximate surface area is 220 Å². The lowest BCUT2D eigenvalue weighted by Crippen LogP contribution is -2.20. The van der Waals surface area contributed by atoms with Gasteiger partial charge in [0.05, 0.1) is 24.9 Å². The van der Waals surface area contributed by atoms with E-state index in [-0.39, 0.29) is 12.4 Å². The van der Waals surface area contributed by atoms with Crippen molar-refractivity contribution in [3.8, 4) is 0 Å². The first-order chi connectivity index (χ1) is 17.2. The van der Waals surface area contributed by atoms with Gasteiger partial charge in [-0.1, -0.05) is 67.8 Å². The van der Waals surface area contributed by atoms with Crippen molar-refractivity contribution in [3.05, 3.63) is 107 Å². The van der Waals surface area contributed by atoms with Crippen LogP contribution in [0.5, 0.6) is 0 Å². The van der Waals surface area contributed by atoms with Gasteiger partial charge in [0.1, 0.15) is 0 Å². The van der Waals surface area contributed by atoms with Gasteiger partial charge in [-0.15, -0.1) is 0 Å². The highest BCUT2D eigenvalue weighted by atomic mass is 35.5. The highest BCUT2D eigenvalue weighted by Gasteiger charge is 2.10. The number of rotatable bonds is 8. The Hall–Kier alpha value is -3.41. The summed E-state index contributed by atoms with van der Waals surface area (Å²) in [6, 6.07) is 7.54. The lowest BCUT2D eigenvalue weighted by molar-refractivity contribution is -0.139. The van der Waals surface area contributed by atoms with Gasteiger partial charge in [0, 0.05) is 18.6 Å². The fraction of sp³-hybridized carbons (Fsp3) is 0.267. The van der Waals surface area contributed by atoms with Crippen LogP contribution < -0.4 is 5.32 Å². The molecule has 1 aromatic carbocycles. The van der Waals surface area contributed by atoms with E-state index in [1.54, 1.807) is 18.2 Å². The second-order valence-electron chi connectivity index (χ2n) is 8.33. The third-order valence-corrected chi connectivity index (χ3v) is 6.30. The number of hydrogen-bond acceptors (Lipinski definition) is 4. The zero-order valence-corrected chi connectivity index (χ0v) is 22.5. The number of aromatic nitrogens is 2. The molecule has 1 aliphatic rings. The Morgan fingerprint density at radius 3 is 2.58 bits per heavy atom. The predicted molar refractivity (Wildman–Crippen MR) is 153 cm³/mol. The average Bonchev–Trinajstić information content (AvgIpc) is 3.28. The Bertz CT molecular complexity index is 1210. The van der Waals surface area contributed by atoms with Crippen molar-refractivity contribution in [1.29, 1.82) is 0 Å². The molecule has 36 heavy (non-hydrogen) atoms. The smallest absolute Gasteiger partial charge is 0.310 e. The number of benzene rings is 1. The first kappa shape index (κ1) is 28.8. The summed E-state index contributed by atoms with van der Waals surface area (Å²) in [4.78, 5) is 11.1. The Morgan fingerprint density at radius 1 is 1.28 bits per heavy atom. The van der Waals surface area contributed by atoms with Crippen molar-refractivity contribution >= 4 is 34.8 Å². The first-order valence-corrected chi connectivity index (χ1v) is 12.2. The maximum Gasteiger partial charge on any atom is 0.310 e. The summed E-state index contributed by atoms with van der Waals surface area (Å²) in [5.74, 6) is -0.308. The minimum absolute atomic E-state index is 0.177. The number of carbonyl (C=O) groups excluding carboxylic acids is 1. The number of allylic oxidation sites excluding steroid dienone is 6. The normalized spacial score (nSPS) is 13.8. The standard InChI is InChI=1S/C17H23N3.C13H13ClO2/c1-5-13(3)17-12-16(20(4)19-17)11-14(6-2)15-7-9-18-10-8-15;1-4-9(2)10-5-6-11(12(14)7-10)8-13(15)16-3/h5-7,11-12,18H,2,8-10H2,1,3-4H3;4-7H,1-2,8H2,3H3/b13-5+,14-11+;. The molecule has 6 heteroatoms. The average molecular weight is 506 g/mol. The molecule has 0 saturated carbocycles. The lowest BCUT2D eigenvalue weighted by atomic mass is 9.99. The molecule has 2 aromatic rings. The van der Waals surface area contributed by atoms with Crippen LogP contribution in [0.2, 0.25) is 5.02 Å². The molecule has 0 radical (unpaired) electrons. The molecule has 0 unspecified atom stereocenters. The maximum absolute atomic E-state index is 11.1. The molecule has 2 heterocycles. The molecule has 0 amide bonds. The molecule has 1 aliphatic heterocycles. The predicted octanol–water partition coefficient (Wildman–Crippen LogP) is 6.59. The highest BCUT2D eigenvalue weighted by molar-refractivity contribution is 6.31. The topological polar surface area (TPSA) is 56.2 Å². The molecule has 0 saturated heterocycles. The molecule has 0 bridgehead atoms. The maximum atomic E-state index is 11.1. The Morgan fingerprint density at radius 2 is 2.03 bits per heavy atom. The monoisotopic (exact) mass is 505 g/mol.